The Morgan fingerprint density at radius 3 is 2.76 bits per heavy atom. The molecule has 0 spiro atoms. The smallest absolute Gasteiger partial charge is 0.272 e. The average molecular weight is 322 g/mol. The van der Waals surface area contributed by atoms with Crippen LogP contribution in [0.25, 0.3) is 0 Å². The van der Waals surface area contributed by atoms with Crippen LogP contribution in [-0.2, 0) is 6.54 Å². The third-order valence-electron chi connectivity index (χ3n) is 3.59. The molecule has 1 aliphatic rings. The second-order valence-corrected chi connectivity index (χ2v) is 6.28. The second kappa shape index (κ2) is 6.56. The lowest BCUT2D eigenvalue weighted by atomic mass is 10.2. The molecular weight excluding hydrogens is 306 g/mol. The topological polar surface area (TPSA) is 36.4 Å². The van der Waals surface area contributed by atoms with Crippen molar-refractivity contribution in [1.82, 2.24) is 14.8 Å². The molecule has 3 heterocycles. The summed E-state index contributed by atoms with van der Waals surface area (Å²) in [7, 11) is 0. The highest BCUT2D eigenvalue weighted by atomic mass is 35.5. The van der Waals surface area contributed by atoms with E-state index in [1.807, 2.05) is 4.90 Å². The van der Waals surface area contributed by atoms with Gasteiger partial charge in [-0.2, -0.15) is 11.3 Å². The molecule has 6 heteroatoms. The molecule has 0 bridgehead atoms. The van der Waals surface area contributed by atoms with Crippen LogP contribution in [0.2, 0.25) is 5.02 Å². The largest absolute Gasteiger partial charge is 0.335 e. The number of hydrogen-bond donors (Lipinski definition) is 0. The summed E-state index contributed by atoms with van der Waals surface area (Å²) >= 11 is 7.63. The zero-order chi connectivity index (χ0) is 14.7. The standard InChI is InChI=1S/C15H16ClN3OS/c16-13-1-3-17-14(9-13)15(20)19-6-4-18(5-7-19)10-12-2-8-21-11-12/h1-3,8-9,11H,4-7,10H2. The van der Waals surface area contributed by atoms with E-state index in [-0.39, 0.29) is 5.91 Å². The molecule has 4 nitrogen and oxygen atoms in total. The maximum atomic E-state index is 12.4. The maximum absolute atomic E-state index is 12.4. The Morgan fingerprint density at radius 2 is 2.10 bits per heavy atom. The number of amides is 1. The minimum atomic E-state index is -0.0346. The van der Waals surface area contributed by atoms with Crippen LogP contribution in [0, 0.1) is 0 Å². The molecule has 0 unspecified atom stereocenters. The first-order chi connectivity index (χ1) is 10.2. The van der Waals surface area contributed by atoms with Crippen LogP contribution in [0.15, 0.2) is 35.2 Å². The quantitative estimate of drug-likeness (QED) is 0.872. The van der Waals surface area contributed by atoms with E-state index in [1.165, 1.54) is 5.56 Å². The Morgan fingerprint density at radius 1 is 1.29 bits per heavy atom. The van der Waals surface area contributed by atoms with Gasteiger partial charge in [0.1, 0.15) is 5.69 Å². The number of thiophene rings is 1. The molecule has 0 aromatic carbocycles. The van der Waals surface area contributed by atoms with E-state index in [9.17, 15) is 4.79 Å². The molecule has 1 fully saturated rings. The average Bonchev–Trinajstić information content (AvgIpc) is 3.00. The predicted molar refractivity (Wildman–Crippen MR) is 84.7 cm³/mol. The molecule has 110 valence electrons. The molecule has 1 amide bonds. The molecule has 0 radical (unpaired) electrons. The fraction of sp³-hybridized carbons (Fsp3) is 0.333. The summed E-state index contributed by atoms with van der Waals surface area (Å²) in [5.74, 6) is -0.0346. The molecule has 21 heavy (non-hydrogen) atoms. The van der Waals surface area contributed by atoms with Crippen LogP contribution >= 0.6 is 22.9 Å². The maximum Gasteiger partial charge on any atom is 0.272 e. The zero-order valence-corrected chi connectivity index (χ0v) is 13.1. The lowest BCUT2D eigenvalue weighted by Gasteiger charge is -2.34. The van der Waals surface area contributed by atoms with Gasteiger partial charge in [0.05, 0.1) is 0 Å². The van der Waals surface area contributed by atoms with Gasteiger partial charge in [-0.3, -0.25) is 14.7 Å². The minimum absolute atomic E-state index is 0.0346. The van der Waals surface area contributed by atoms with Gasteiger partial charge in [0.25, 0.3) is 5.91 Å². The van der Waals surface area contributed by atoms with Crippen molar-refractivity contribution in [3.05, 3.63) is 51.4 Å². The molecule has 3 rings (SSSR count). The van der Waals surface area contributed by atoms with Crippen LogP contribution in [0.4, 0.5) is 0 Å². The van der Waals surface area contributed by atoms with E-state index in [1.54, 1.807) is 29.7 Å². The van der Waals surface area contributed by atoms with E-state index in [0.29, 0.717) is 10.7 Å². The van der Waals surface area contributed by atoms with Crippen molar-refractivity contribution < 1.29 is 4.79 Å². The summed E-state index contributed by atoms with van der Waals surface area (Å²) in [6.07, 6.45) is 1.57. The Hall–Kier alpha value is -1.43. The third-order valence-corrected chi connectivity index (χ3v) is 4.55. The number of aromatic nitrogens is 1. The Kier molecular flexibility index (Phi) is 4.53. The van der Waals surface area contributed by atoms with Crippen LogP contribution in [-0.4, -0.2) is 46.9 Å². The van der Waals surface area contributed by atoms with Gasteiger partial charge in [0.15, 0.2) is 0 Å². The number of halogens is 1. The summed E-state index contributed by atoms with van der Waals surface area (Å²) < 4.78 is 0. The fourth-order valence-electron chi connectivity index (χ4n) is 2.43. The third kappa shape index (κ3) is 3.61. The first kappa shape index (κ1) is 14.5. The van der Waals surface area contributed by atoms with Crippen molar-refractivity contribution in [2.75, 3.05) is 26.2 Å². The molecule has 0 atom stereocenters. The summed E-state index contributed by atoms with van der Waals surface area (Å²) in [6.45, 7) is 4.21. The number of piperazine rings is 1. The molecule has 1 saturated heterocycles. The Balaban J connectivity index is 1.57. The number of hydrogen-bond acceptors (Lipinski definition) is 4. The number of pyridine rings is 1. The van der Waals surface area contributed by atoms with E-state index in [2.05, 4.69) is 26.7 Å². The van der Waals surface area contributed by atoms with E-state index >= 15 is 0 Å². The molecule has 2 aromatic heterocycles. The van der Waals surface area contributed by atoms with Crippen LogP contribution < -0.4 is 0 Å². The minimum Gasteiger partial charge on any atom is -0.335 e. The Bertz CT molecular complexity index is 609. The lowest BCUT2D eigenvalue weighted by molar-refractivity contribution is 0.0623. The monoisotopic (exact) mass is 321 g/mol. The van der Waals surface area contributed by atoms with Crippen molar-refractivity contribution in [2.24, 2.45) is 0 Å². The highest BCUT2D eigenvalue weighted by Gasteiger charge is 2.23. The van der Waals surface area contributed by atoms with E-state index < -0.39 is 0 Å². The molecule has 0 N–H and O–H groups in total. The molecule has 0 saturated carbocycles. The first-order valence-corrected chi connectivity index (χ1v) is 8.19. The first-order valence-electron chi connectivity index (χ1n) is 6.86. The number of carbonyl (C=O) groups is 1. The van der Waals surface area contributed by atoms with E-state index in [4.69, 9.17) is 11.6 Å². The van der Waals surface area contributed by atoms with Crippen molar-refractivity contribution in [3.8, 4) is 0 Å². The van der Waals surface area contributed by atoms with Gasteiger partial charge >= 0.3 is 0 Å². The summed E-state index contributed by atoms with van der Waals surface area (Å²) in [4.78, 5) is 20.7. The second-order valence-electron chi connectivity index (χ2n) is 5.06. The van der Waals surface area contributed by atoms with Crippen molar-refractivity contribution in [2.45, 2.75) is 6.54 Å². The molecule has 1 aliphatic heterocycles. The fourth-order valence-corrected chi connectivity index (χ4v) is 3.25. The number of carbonyl (C=O) groups excluding carboxylic acids is 1. The van der Waals surface area contributed by atoms with Crippen molar-refractivity contribution in [1.29, 1.82) is 0 Å². The summed E-state index contributed by atoms with van der Waals surface area (Å²) in [5, 5.41) is 4.82. The van der Waals surface area contributed by atoms with Gasteiger partial charge in [0, 0.05) is 43.9 Å². The zero-order valence-electron chi connectivity index (χ0n) is 11.5. The van der Waals surface area contributed by atoms with Gasteiger partial charge in [-0.15, -0.1) is 0 Å². The normalized spacial score (nSPS) is 16.1. The highest BCUT2D eigenvalue weighted by Crippen LogP contribution is 2.14. The van der Waals surface area contributed by atoms with Crippen LogP contribution in [0.3, 0.4) is 0 Å². The van der Waals surface area contributed by atoms with Crippen molar-refractivity contribution >= 4 is 28.8 Å². The van der Waals surface area contributed by atoms with Gasteiger partial charge < -0.3 is 4.90 Å². The Labute approximate surface area is 133 Å². The van der Waals surface area contributed by atoms with Gasteiger partial charge in [0.2, 0.25) is 0 Å². The summed E-state index contributed by atoms with van der Waals surface area (Å²) in [5.41, 5.74) is 1.77. The lowest BCUT2D eigenvalue weighted by Crippen LogP contribution is -2.48. The highest BCUT2D eigenvalue weighted by molar-refractivity contribution is 7.07. The van der Waals surface area contributed by atoms with Crippen molar-refractivity contribution in [3.63, 3.8) is 0 Å². The number of nitrogens with zero attached hydrogens (tertiary/aromatic N) is 3. The predicted octanol–water partition coefficient (Wildman–Crippen LogP) is 2.75. The van der Waals surface area contributed by atoms with Gasteiger partial charge in [-0.05, 0) is 34.5 Å². The molecular formula is C15H16ClN3OS. The van der Waals surface area contributed by atoms with Crippen LogP contribution in [0.5, 0.6) is 0 Å². The molecule has 0 aliphatic carbocycles. The summed E-state index contributed by atoms with van der Waals surface area (Å²) in [6, 6.07) is 5.46. The van der Waals surface area contributed by atoms with Gasteiger partial charge in [-0.1, -0.05) is 11.6 Å². The number of rotatable bonds is 3. The van der Waals surface area contributed by atoms with Gasteiger partial charge in [-0.25, -0.2) is 0 Å². The molecule has 2 aromatic rings. The SMILES string of the molecule is O=C(c1cc(Cl)ccn1)N1CCN(Cc2ccsc2)CC1. The van der Waals surface area contributed by atoms with Crippen LogP contribution in [0.1, 0.15) is 16.1 Å². The van der Waals surface area contributed by atoms with E-state index in [0.717, 1.165) is 32.7 Å².